The first-order valence-electron chi connectivity index (χ1n) is 2.27. The average molecular weight is 245 g/mol. The molecule has 1 atom stereocenters. The first-order valence-corrected chi connectivity index (χ1v) is 3.98. The Hall–Kier alpha value is 0.710. The molecule has 0 aromatic rings. The normalized spacial score (nSPS) is 13.2. The number of thiol groups is 1. The van der Waals surface area contributed by atoms with Crippen molar-refractivity contribution in [1.29, 1.82) is 0 Å². The summed E-state index contributed by atoms with van der Waals surface area (Å²) in [6.45, 7) is 0. The monoisotopic (exact) mass is 245 g/mol. The maximum Gasteiger partial charge on any atom is 0.137 e. The molecule has 1 N–H and O–H groups in total. The molecule has 0 aromatic carbocycles. The molecule has 0 radical (unpaired) electrons. The molecular weight excluding hydrogens is 237 g/mol. The van der Waals surface area contributed by atoms with E-state index in [0.717, 1.165) is 18.5 Å². The Kier molecular flexibility index (Phi) is 6.36. The Balaban J connectivity index is 3.21. The van der Waals surface area contributed by atoms with E-state index in [2.05, 4.69) is 16.2 Å². The third-order valence-corrected chi connectivity index (χ3v) is 1.80. The number of hydrogen-bond acceptors (Lipinski definition) is 3. The second-order valence-corrected chi connectivity index (χ2v) is 2.43. The standard InChI is InChI=1S/C4H8INOS/c5-6-4(3-7)1-2-8/h3-4,6,8H,1-2H2. The van der Waals surface area contributed by atoms with Crippen LogP contribution in [0.15, 0.2) is 0 Å². The molecule has 4 heteroatoms. The van der Waals surface area contributed by atoms with E-state index in [0.29, 0.717) is 0 Å². The van der Waals surface area contributed by atoms with Crippen molar-refractivity contribution in [3.8, 4) is 0 Å². The van der Waals surface area contributed by atoms with E-state index >= 15 is 0 Å². The Morgan fingerprint density at radius 1 is 1.88 bits per heavy atom. The van der Waals surface area contributed by atoms with Gasteiger partial charge < -0.3 is 4.79 Å². The van der Waals surface area contributed by atoms with Crippen LogP contribution in [0.3, 0.4) is 0 Å². The molecule has 2 nitrogen and oxygen atoms in total. The summed E-state index contributed by atoms with van der Waals surface area (Å²) in [5, 5.41) is 0. The number of nitrogens with one attached hydrogen (secondary N) is 1. The summed E-state index contributed by atoms with van der Waals surface area (Å²) in [6, 6.07) is -0.0203. The predicted molar refractivity (Wildman–Crippen MR) is 45.5 cm³/mol. The number of rotatable bonds is 4. The Labute approximate surface area is 68.3 Å². The van der Waals surface area contributed by atoms with Gasteiger partial charge in [-0.3, -0.25) is 3.53 Å². The van der Waals surface area contributed by atoms with Crippen LogP contribution >= 0.6 is 35.5 Å². The number of halogens is 1. The summed E-state index contributed by atoms with van der Waals surface area (Å²) in [6.07, 6.45) is 1.69. The lowest BCUT2D eigenvalue weighted by molar-refractivity contribution is -0.109. The second kappa shape index (κ2) is 5.84. The lowest BCUT2D eigenvalue weighted by Crippen LogP contribution is -2.21. The molecule has 0 aliphatic carbocycles. The molecule has 0 heterocycles. The molecule has 0 saturated carbocycles. The van der Waals surface area contributed by atoms with Crippen LogP contribution in [0.5, 0.6) is 0 Å². The molecule has 48 valence electrons. The minimum atomic E-state index is -0.0203. The fraction of sp³-hybridized carbons (Fsp3) is 0.750. The highest BCUT2D eigenvalue weighted by atomic mass is 127. The van der Waals surface area contributed by atoms with Crippen molar-refractivity contribution in [2.75, 3.05) is 5.75 Å². The number of aldehydes is 1. The largest absolute Gasteiger partial charge is 0.302 e. The van der Waals surface area contributed by atoms with Gasteiger partial charge in [0.2, 0.25) is 0 Å². The molecule has 8 heavy (non-hydrogen) atoms. The van der Waals surface area contributed by atoms with Crippen LogP contribution in [0.4, 0.5) is 0 Å². The SMILES string of the molecule is O=CC(CCS)NI. The zero-order valence-electron chi connectivity index (χ0n) is 4.30. The van der Waals surface area contributed by atoms with Crippen LogP contribution in [-0.2, 0) is 4.79 Å². The highest BCUT2D eigenvalue weighted by molar-refractivity contribution is 14.1. The van der Waals surface area contributed by atoms with Crippen molar-refractivity contribution in [3.63, 3.8) is 0 Å². The zero-order valence-corrected chi connectivity index (χ0v) is 7.35. The first-order chi connectivity index (χ1) is 3.85. The number of carbonyl (C=O) groups excluding carboxylic acids is 1. The molecule has 0 aromatic heterocycles. The maximum absolute atomic E-state index is 10.0. The van der Waals surface area contributed by atoms with E-state index in [4.69, 9.17) is 0 Å². The van der Waals surface area contributed by atoms with Gasteiger partial charge in [0.15, 0.2) is 0 Å². The van der Waals surface area contributed by atoms with Crippen LogP contribution in [0.25, 0.3) is 0 Å². The van der Waals surface area contributed by atoms with Gasteiger partial charge in [-0.1, -0.05) is 0 Å². The predicted octanol–water partition coefficient (Wildman–Crippen LogP) is 0.813. The van der Waals surface area contributed by atoms with Crippen molar-refractivity contribution in [2.45, 2.75) is 12.5 Å². The van der Waals surface area contributed by atoms with Crippen LogP contribution in [0.2, 0.25) is 0 Å². The van der Waals surface area contributed by atoms with Gasteiger partial charge >= 0.3 is 0 Å². The van der Waals surface area contributed by atoms with Crippen molar-refractivity contribution in [1.82, 2.24) is 3.53 Å². The lowest BCUT2D eigenvalue weighted by atomic mass is 10.3. The minimum absolute atomic E-state index is 0.0203. The summed E-state index contributed by atoms with van der Waals surface area (Å²) < 4.78 is 2.81. The van der Waals surface area contributed by atoms with E-state index < -0.39 is 0 Å². The average Bonchev–Trinajstić information content (AvgIpc) is 1.83. The molecular formula is C4H8INOS. The smallest absolute Gasteiger partial charge is 0.137 e. The van der Waals surface area contributed by atoms with Gasteiger partial charge in [-0.05, 0) is 12.2 Å². The fourth-order valence-corrected chi connectivity index (χ4v) is 1.02. The minimum Gasteiger partial charge on any atom is -0.302 e. The third kappa shape index (κ3) is 3.68. The van der Waals surface area contributed by atoms with Crippen molar-refractivity contribution in [3.05, 3.63) is 0 Å². The molecule has 0 saturated heterocycles. The van der Waals surface area contributed by atoms with E-state index in [1.54, 1.807) is 0 Å². The van der Waals surface area contributed by atoms with E-state index in [-0.39, 0.29) is 6.04 Å². The van der Waals surface area contributed by atoms with Gasteiger partial charge in [0.25, 0.3) is 0 Å². The summed E-state index contributed by atoms with van der Waals surface area (Å²) in [7, 11) is 0. The molecule has 0 aliphatic rings. The van der Waals surface area contributed by atoms with Gasteiger partial charge in [0.1, 0.15) is 6.29 Å². The Bertz CT molecular complexity index is 71.1. The van der Waals surface area contributed by atoms with Crippen LogP contribution in [0, 0.1) is 0 Å². The molecule has 0 fully saturated rings. The highest BCUT2D eigenvalue weighted by Gasteiger charge is 2.00. The molecule has 0 aliphatic heterocycles. The van der Waals surface area contributed by atoms with E-state index in [1.807, 2.05) is 22.9 Å². The van der Waals surface area contributed by atoms with E-state index in [1.165, 1.54) is 0 Å². The zero-order chi connectivity index (χ0) is 6.41. The summed E-state index contributed by atoms with van der Waals surface area (Å²) >= 11 is 5.92. The molecule has 0 spiro atoms. The summed E-state index contributed by atoms with van der Waals surface area (Å²) in [5.41, 5.74) is 0. The van der Waals surface area contributed by atoms with Gasteiger partial charge in [-0.2, -0.15) is 12.6 Å². The third-order valence-electron chi connectivity index (χ3n) is 0.745. The molecule has 0 bridgehead atoms. The lowest BCUT2D eigenvalue weighted by Gasteiger charge is -2.01. The van der Waals surface area contributed by atoms with Crippen molar-refractivity contribution < 1.29 is 4.79 Å². The van der Waals surface area contributed by atoms with Crippen LogP contribution in [0.1, 0.15) is 6.42 Å². The molecule has 1 unspecified atom stereocenters. The van der Waals surface area contributed by atoms with Gasteiger partial charge in [0.05, 0.1) is 6.04 Å². The van der Waals surface area contributed by atoms with E-state index in [9.17, 15) is 4.79 Å². The maximum atomic E-state index is 10.0. The molecule has 0 amide bonds. The topological polar surface area (TPSA) is 29.1 Å². The van der Waals surface area contributed by atoms with Gasteiger partial charge in [0, 0.05) is 22.9 Å². The fourth-order valence-electron chi connectivity index (χ4n) is 0.287. The second-order valence-electron chi connectivity index (χ2n) is 1.36. The Morgan fingerprint density at radius 2 is 2.50 bits per heavy atom. The number of carbonyl (C=O) groups is 1. The molecule has 0 rings (SSSR count). The number of hydrogen-bond donors (Lipinski definition) is 2. The summed E-state index contributed by atoms with van der Waals surface area (Å²) in [4.78, 5) is 10.0. The first kappa shape index (κ1) is 8.71. The Morgan fingerprint density at radius 3 is 2.62 bits per heavy atom. The van der Waals surface area contributed by atoms with Gasteiger partial charge in [-0.25, -0.2) is 0 Å². The van der Waals surface area contributed by atoms with Gasteiger partial charge in [-0.15, -0.1) is 0 Å². The van der Waals surface area contributed by atoms with Crippen molar-refractivity contribution >= 4 is 41.8 Å². The summed E-state index contributed by atoms with van der Waals surface area (Å²) in [5.74, 6) is 0.749. The highest BCUT2D eigenvalue weighted by Crippen LogP contribution is 1.91. The van der Waals surface area contributed by atoms with Crippen LogP contribution < -0.4 is 3.53 Å². The quantitative estimate of drug-likeness (QED) is 0.332. The van der Waals surface area contributed by atoms with Crippen LogP contribution in [-0.4, -0.2) is 18.1 Å². The van der Waals surface area contributed by atoms with Crippen molar-refractivity contribution in [2.24, 2.45) is 0 Å².